The fourth-order valence-corrected chi connectivity index (χ4v) is 2.60. The molecule has 1 unspecified atom stereocenters. The number of ether oxygens (including phenoxy) is 1. The molecule has 0 aliphatic carbocycles. The van der Waals surface area contributed by atoms with Crippen molar-refractivity contribution in [2.24, 2.45) is 0 Å². The van der Waals surface area contributed by atoms with E-state index in [1.54, 1.807) is 7.11 Å². The van der Waals surface area contributed by atoms with Crippen LogP contribution in [0.5, 0.6) is 5.75 Å². The van der Waals surface area contributed by atoms with Gasteiger partial charge in [0, 0.05) is 11.4 Å². The Morgan fingerprint density at radius 2 is 1.90 bits per heavy atom. The largest absolute Gasteiger partial charge is 0.496 e. The van der Waals surface area contributed by atoms with Crippen molar-refractivity contribution in [1.29, 1.82) is 0 Å². The van der Waals surface area contributed by atoms with Crippen LogP contribution in [0.2, 0.25) is 5.02 Å². The average Bonchev–Trinajstić information content (AvgIpc) is 2.40. The van der Waals surface area contributed by atoms with E-state index in [0.29, 0.717) is 11.4 Å². The zero-order chi connectivity index (χ0) is 14.7. The number of benzene rings is 2. The van der Waals surface area contributed by atoms with Gasteiger partial charge in [0.05, 0.1) is 13.2 Å². The molecule has 0 amide bonds. The van der Waals surface area contributed by atoms with Crippen molar-refractivity contribution in [3.8, 4) is 5.75 Å². The van der Waals surface area contributed by atoms with Crippen molar-refractivity contribution in [3.05, 3.63) is 63.7 Å². The molecule has 0 radical (unpaired) electrons. The van der Waals surface area contributed by atoms with Crippen molar-refractivity contribution in [2.75, 3.05) is 7.11 Å². The topological polar surface area (TPSA) is 29.5 Å². The predicted octanol–water partition coefficient (Wildman–Crippen LogP) is 4.24. The molecule has 0 bridgehead atoms. The van der Waals surface area contributed by atoms with E-state index in [9.17, 15) is 5.11 Å². The minimum atomic E-state index is -0.543. The summed E-state index contributed by atoms with van der Waals surface area (Å²) in [5.41, 5.74) is 4.02. The lowest BCUT2D eigenvalue weighted by atomic mass is 9.95. The highest BCUT2D eigenvalue weighted by atomic mass is 35.5. The molecule has 0 spiro atoms. The minimum absolute atomic E-state index is 0.543. The number of aliphatic hydroxyl groups excluding tert-OH is 1. The molecule has 1 atom stereocenters. The minimum Gasteiger partial charge on any atom is -0.496 e. The quantitative estimate of drug-likeness (QED) is 0.912. The molecule has 2 aromatic rings. The smallest absolute Gasteiger partial charge is 0.122 e. The van der Waals surface area contributed by atoms with E-state index < -0.39 is 6.10 Å². The number of aryl methyl sites for hydroxylation is 2. The first kappa shape index (κ1) is 14.9. The number of methoxy groups -OCH3 is 1. The fraction of sp³-hybridized carbons (Fsp3) is 0.294. The third kappa shape index (κ3) is 3.33. The van der Waals surface area contributed by atoms with Crippen LogP contribution in [0.3, 0.4) is 0 Å². The second-order valence-corrected chi connectivity index (χ2v) is 5.46. The summed E-state index contributed by atoms with van der Waals surface area (Å²) in [7, 11) is 1.66. The number of aliphatic hydroxyl groups is 1. The van der Waals surface area contributed by atoms with E-state index in [0.717, 1.165) is 28.0 Å². The van der Waals surface area contributed by atoms with E-state index in [1.165, 1.54) is 0 Å². The van der Waals surface area contributed by atoms with Gasteiger partial charge in [0.15, 0.2) is 0 Å². The molecule has 0 aromatic heterocycles. The van der Waals surface area contributed by atoms with Crippen LogP contribution in [-0.2, 0) is 6.42 Å². The maximum Gasteiger partial charge on any atom is 0.122 e. The molecule has 0 aliphatic heterocycles. The van der Waals surface area contributed by atoms with Gasteiger partial charge in [-0.25, -0.2) is 0 Å². The molecule has 0 saturated carbocycles. The lowest BCUT2D eigenvalue weighted by Gasteiger charge is -2.16. The zero-order valence-corrected chi connectivity index (χ0v) is 12.7. The molecule has 20 heavy (non-hydrogen) atoms. The van der Waals surface area contributed by atoms with Crippen molar-refractivity contribution < 1.29 is 9.84 Å². The number of hydrogen-bond donors (Lipinski definition) is 1. The molecule has 0 fully saturated rings. The van der Waals surface area contributed by atoms with Crippen LogP contribution in [0, 0.1) is 13.8 Å². The lowest BCUT2D eigenvalue weighted by Crippen LogP contribution is -2.05. The summed E-state index contributed by atoms with van der Waals surface area (Å²) >= 11 is 5.97. The SMILES string of the molecule is COc1cc(C)c(C(O)Cc2cccc(Cl)c2)cc1C. The van der Waals surface area contributed by atoms with Gasteiger partial charge in [-0.05, 0) is 60.4 Å². The van der Waals surface area contributed by atoms with Gasteiger partial charge in [0.2, 0.25) is 0 Å². The third-order valence-electron chi connectivity index (χ3n) is 3.46. The third-order valence-corrected chi connectivity index (χ3v) is 3.70. The van der Waals surface area contributed by atoms with Gasteiger partial charge in [-0.15, -0.1) is 0 Å². The second-order valence-electron chi connectivity index (χ2n) is 5.03. The van der Waals surface area contributed by atoms with E-state index in [1.807, 2.05) is 50.2 Å². The fourth-order valence-electron chi connectivity index (χ4n) is 2.39. The highest BCUT2D eigenvalue weighted by molar-refractivity contribution is 6.30. The standard InChI is InChI=1S/C17H19ClO2/c1-11-8-17(20-3)12(2)7-15(11)16(19)10-13-5-4-6-14(18)9-13/h4-9,16,19H,10H2,1-3H3. The summed E-state index contributed by atoms with van der Waals surface area (Å²) in [5, 5.41) is 11.1. The molecule has 2 aromatic carbocycles. The summed E-state index contributed by atoms with van der Waals surface area (Å²) in [5.74, 6) is 0.848. The van der Waals surface area contributed by atoms with Gasteiger partial charge in [-0.3, -0.25) is 0 Å². The van der Waals surface area contributed by atoms with Gasteiger partial charge < -0.3 is 9.84 Å². The van der Waals surface area contributed by atoms with Crippen LogP contribution in [0.1, 0.15) is 28.4 Å². The summed E-state index contributed by atoms with van der Waals surface area (Å²) < 4.78 is 5.30. The normalized spacial score (nSPS) is 12.2. The van der Waals surface area contributed by atoms with Gasteiger partial charge in [-0.2, -0.15) is 0 Å². The summed E-state index contributed by atoms with van der Waals surface area (Å²) in [6.07, 6.45) is 0.00533. The molecule has 3 heteroatoms. The maximum atomic E-state index is 10.4. The molecular formula is C17H19ClO2. The van der Waals surface area contributed by atoms with Gasteiger partial charge in [-0.1, -0.05) is 23.7 Å². The van der Waals surface area contributed by atoms with Gasteiger partial charge in [0.1, 0.15) is 5.75 Å². The molecule has 2 nitrogen and oxygen atoms in total. The monoisotopic (exact) mass is 290 g/mol. The second kappa shape index (κ2) is 6.29. The molecule has 2 rings (SSSR count). The van der Waals surface area contributed by atoms with Crippen molar-refractivity contribution >= 4 is 11.6 Å². The highest BCUT2D eigenvalue weighted by Gasteiger charge is 2.14. The molecule has 106 valence electrons. The first-order chi connectivity index (χ1) is 9.51. The summed E-state index contributed by atoms with van der Waals surface area (Å²) in [4.78, 5) is 0. The molecule has 1 N–H and O–H groups in total. The molecular weight excluding hydrogens is 272 g/mol. The Hall–Kier alpha value is -1.51. The Morgan fingerprint density at radius 3 is 2.55 bits per heavy atom. The van der Waals surface area contributed by atoms with Crippen LogP contribution in [0.4, 0.5) is 0 Å². The van der Waals surface area contributed by atoms with Crippen molar-refractivity contribution in [2.45, 2.75) is 26.4 Å². The van der Waals surface area contributed by atoms with Crippen LogP contribution in [-0.4, -0.2) is 12.2 Å². The molecule has 0 heterocycles. The first-order valence-electron chi connectivity index (χ1n) is 6.59. The van der Waals surface area contributed by atoms with Crippen molar-refractivity contribution in [3.63, 3.8) is 0 Å². The molecule has 0 aliphatic rings. The van der Waals surface area contributed by atoms with Crippen LogP contribution >= 0.6 is 11.6 Å². The average molecular weight is 291 g/mol. The van der Waals surface area contributed by atoms with Crippen molar-refractivity contribution in [1.82, 2.24) is 0 Å². The van der Waals surface area contributed by atoms with E-state index in [-0.39, 0.29) is 0 Å². The van der Waals surface area contributed by atoms with Crippen LogP contribution in [0.15, 0.2) is 36.4 Å². The Bertz CT molecular complexity index is 608. The lowest BCUT2D eigenvalue weighted by molar-refractivity contribution is 0.177. The predicted molar refractivity (Wildman–Crippen MR) is 82.6 cm³/mol. The Labute approximate surface area is 125 Å². The number of hydrogen-bond acceptors (Lipinski definition) is 2. The zero-order valence-electron chi connectivity index (χ0n) is 12.0. The molecule has 0 saturated heterocycles. The van der Waals surface area contributed by atoms with Gasteiger partial charge in [0.25, 0.3) is 0 Å². The Kier molecular flexibility index (Phi) is 4.69. The van der Waals surface area contributed by atoms with Crippen LogP contribution < -0.4 is 4.74 Å². The van der Waals surface area contributed by atoms with Crippen LogP contribution in [0.25, 0.3) is 0 Å². The van der Waals surface area contributed by atoms with E-state index in [4.69, 9.17) is 16.3 Å². The Balaban J connectivity index is 2.25. The summed E-state index contributed by atoms with van der Waals surface area (Å²) in [6.45, 7) is 3.96. The van der Waals surface area contributed by atoms with E-state index >= 15 is 0 Å². The summed E-state index contributed by atoms with van der Waals surface area (Å²) in [6, 6.07) is 11.5. The Morgan fingerprint density at radius 1 is 1.15 bits per heavy atom. The number of rotatable bonds is 4. The number of halogens is 1. The highest BCUT2D eigenvalue weighted by Crippen LogP contribution is 2.28. The van der Waals surface area contributed by atoms with Gasteiger partial charge >= 0.3 is 0 Å². The van der Waals surface area contributed by atoms with E-state index in [2.05, 4.69) is 0 Å². The first-order valence-corrected chi connectivity index (χ1v) is 6.96. The maximum absolute atomic E-state index is 10.4.